The highest BCUT2D eigenvalue weighted by Gasteiger charge is 2.13. The highest BCUT2D eigenvalue weighted by atomic mass is 16.5. The van der Waals surface area contributed by atoms with Crippen LogP contribution in [0.2, 0.25) is 0 Å². The number of hydrogen-bond donors (Lipinski definition) is 2. The minimum Gasteiger partial charge on any atom is -0.490 e. The molecule has 1 rings (SSSR count). The maximum Gasteiger partial charge on any atom is 0.358 e. The van der Waals surface area contributed by atoms with Gasteiger partial charge in [0, 0.05) is 12.2 Å². The van der Waals surface area contributed by atoms with Gasteiger partial charge in [-0.2, -0.15) is 0 Å². The minimum absolute atomic E-state index is 0.122. The second-order valence-electron chi connectivity index (χ2n) is 3.66. The largest absolute Gasteiger partial charge is 0.490 e. The molecule has 98 valence electrons. The smallest absolute Gasteiger partial charge is 0.358 e. The Morgan fingerprint density at radius 1 is 1.44 bits per heavy atom. The Kier molecular flexibility index (Phi) is 5.10. The van der Waals surface area contributed by atoms with Gasteiger partial charge in [0.1, 0.15) is 0 Å². The van der Waals surface area contributed by atoms with E-state index in [2.05, 4.69) is 10.3 Å². The Bertz CT molecular complexity index is 446. The highest BCUT2D eigenvalue weighted by Crippen LogP contribution is 2.17. The third-order valence-electron chi connectivity index (χ3n) is 2.16. The number of carbonyl (C=O) groups excluding carboxylic acids is 1. The molecule has 18 heavy (non-hydrogen) atoms. The Balaban J connectivity index is 2.62. The van der Waals surface area contributed by atoms with Crippen molar-refractivity contribution < 1.29 is 19.4 Å². The van der Waals surface area contributed by atoms with E-state index in [1.54, 1.807) is 19.1 Å². The molecule has 0 fully saturated rings. The van der Waals surface area contributed by atoms with E-state index >= 15 is 0 Å². The SMILES string of the molecule is CCNC(=O)CCOc1ccc(C)nc1C(=O)O. The number of carbonyl (C=O) groups is 2. The molecule has 0 aliphatic rings. The van der Waals surface area contributed by atoms with E-state index in [9.17, 15) is 9.59 Å². The number of aromatic carboxylic acids is 1. The lowest BCUT2D eigenvalue weighted by molar-refractivity contribution is -0.121. The number of ether oxygens (including phenoxy) is 1. The summed E-state index contributed by atoms with van der Waals surface area (Å²) in [5.41, 5.74) is 0.467. The van der Waals surface area contributed by atoms with E-state index in [1.165, 1.54) is 0 Å². The Hall–Kier alpha value is -2.11. The predicted molar refractivity (Wildman–Crippen MR) is 64.7 cm³/mol. The van der Waals surface area contributed by atoms with Gasteiger partial charge in [0.05, 0.1) is 13.0 Å². The Morgan fingerprint density at radius 2 is 2.17 bits per heavy atom. The molecule has 0 aromatic carbocycles. The van der Waals surface area contributed by atoms with E-state index < -0.39 is 5.97 Å². The van der Waals surface area contributed by atoms with Crippen molar-refractivity contribution in [2.75, 3.05) is 13.2 Å². The van der Waals surface area contributed by atoms with Crippen LogP contribution in [0.5, 0.6) is 5.75 Å². The average Bonchev–Trinajstić information content (AvgIpc) is 2.31. The zero-order valence-electron chi connectivity index (χ0n) is 10.4. The normalized spacial score (nSPS) is 9.89. The quantitative estimate of drug-likeness (QED) is 0.788. The fraction of sp³-hybridized carbons (Fsp3) is 0.417. The van der Waals surface area contributed by atoms with E-state index in [-0.39, 0.29) is 30.4 Å². The molecule has 0 saturated carbocycles. The van der Waals surface area contributed by atoms with Crippen LogP contribution in [0.4, 0.5) is 0 Å². The standard InChI is InChI=1S/C12H16N2O4/c1-3-13-10(15)6-7-18-9-5-4-8(2)14-11(9)12(16)17/h4-5H,3,6-7H2,1-2H3,(H,13,15)(H,16,17). The molecule has 6 heteroatoms. The van der Waals surface area contributed by atoms with Gasteiger partial charge in [-0.05, 0) is 26.0 Å². The molecular formula is C12H16N2O4. The number of nitrogens with one attached hydrogen (secondary N) is 1. The third kappa shape index (κ3) is 4.04. The predicted octanol–water partition coefficient (Wildman–Crippen LogP) is 0.993. The number of aryl methyl sites for hydroxylation is 1. The molecule has 6 nitrogen and oxygen atoms in total. The fourth-order valence-electron chi connectivity index (χ4n) is 1.35. The summed E-state index contributed by atoms with van der Waals surface area (Å²) in [6.07, 6.45) is 0.181. The van der Waals surface area contributed by atoms with E-state index in [4.69, 9.17) is 9.84 Å². The lowest BCUT2D eigenvalue weighted by Gasteiger charge is -2.08. The maximum atomic E-state index is 11.2. The van der Waals surface area contributed by atoms with Gasteiger partial charge in [-0.1, -0.05) is 0 Å². The van der Waals surface area contributed by atoms with Crippen LogP contribution in [0, 0.1) is 6.92 Å². The second kappa shape index (κ2) is 6.58. The molecule has 1 amide bonds. The van der Waals surface area contributed by atoms with Crippen molar-refractivity contribution in [3.8, 4) is 5.75 Å². The van der Waals surface area contributed by atoms with Crippen molar-refractivity contribution in [2.45, 2.75) is 20.3 Å². The van der Waals surface area contributed by atoms with Crippen LogP contribution in [0.15, 0.2) is 12.1 Å². The van der Waals surface area contributed by atoms with Crippen molar-refractivity contribution in [1.82, 2.24) is 10.3 Å². The maximum absolute atomic E-state index is 11.2. The number of carboxylic acids is 1. The number of hydrogen-bond acceptors (Lipinski definition) is 4. The second-order valence-corrected chi connectivity index (χ2v) is 3.66. The number of pyridine rings is 1. The van der Waals surface area contributed by atoms with Gasteiger partial charge in [0.15, 0.2) is 11.4 Å². The highest BCUT2D eigenvalue weighted by molar-refractivity contribution is 5.88. The summed E-state index contributed by atoms with van der Waals surface area (Å²) in [5, 5.41) is 11.6. The van der Waals surface area contributed by atoms with Gasteiger partial charge in [0.25, 0.3) is 0 Å². The first-order valence-corrected chi connectivity index (χ1v) is 5.65. The molecule has 0 atom stereocenters. The summed E-state index contributed by atoms with van der Waals surface area (Å²) in [5.74, 6) is -1.10. The lowest BCUT2D eigenvalue weighted by atomic mass is 10.3. The molecule has 1 aromatic rings. The van der Waals surface area contributed by atoms with Crippen LogP contribution >= 0.6 is 0 Å². The summed E-state index contributed by atoms with van der Waals surface area (Å²) in [6.45, 7) is 4.21. The number of amides is 1. The molecule has 1 heterocycles. The van der Waals surface area contributed by atoms with Crippen LogP contribution in [-0.2, 0) is 4.79 Å². The summed E-state index contributed by atoms with van der Waals surface area (Å²) in [7, 11) is 0. The molecule has 0 bridgehead atoms. The van der Waals surface area contributed by atoms with Crippen molar-refractivity contribution in [3.05, 3.63) is 23.5 Å². The molecule has 0 unspecified atom stereocenters. The number of rotatable bonds is 6. The monoisotopic (exact) mass is 252 g/mol. The zero-order chi connectivity index (χ0) is 13.5. The molecule has 0 saturated heterocycles. The van der Waals surface area contributed by atoms with E-state index in [0.717, 1.165) is 0 Å². The van der Waals surface area contributed by atoms with Crippen LogP contribution in [0.1, 0.15) is 29.5 Å². The molecule has 1 aromatic heterocycles. The fourth-order valence-corrected chi connectivity index (χ4v) is 1.35. The first kappa shape index (κ1) is 14.0. The van der Waals surface area contributed by atoms with Gasteiger partial charge in [-0.25, -0.2) is 9.78 Å². The first-order valence-electron chi connectivity index (χ1n) is 5.65. The molecule has 0 spiro atoms. The number of nitrogens with zero attached hydrogens (tertiary/aromatic N) is 1. The summed E-state index contributed by atoms with van der Waals surface area (Å²) in [4.78, 5) is 26.0. The van der Waals surface area contributed by atoms with Gasteiger partial charge in [-0.3, -0.25) is 4.79 Å². The van der Waals surface area contributed by atoms with Crippen molar-refractivity contribution >= 4 is 11.9 Å². The van der Waals surface area contributed by atoms with Gasteiger partial charge in [-0.15, -0.1) is 0 Å². The van der Waals surface area contributed by atoms with E-state index in [1.807, 2.05) is 6.92 Å². The third-order valence-corrected chi connectivity index (χ3v) is 2.16. The first-order chi connectivity index (χ1) is 8.54. The number of aromatic nitrogens is 1. The van der Waals surface area contributed by atoms with Crippen molar-refractivity contribution in [1.29, 1.82) is 0 Å². The summed E-state index contributed by atoms with van der Waals surface area (Å²) in [6, 6.07) is 3.21. The topological polar surface area (TPSA) is 88.5 Å². The van der Waals surface area contributed by atoms with Gasteiger partial charge in [0.2, 0.25) is 5.91 Å². The molecule has 0 aliphatic carbocycles. The van der Waals surface area contributed by atoms with Crippen LogP contribution in [0.25, 0.3) is 0 Å². The van der Waals surface area contributed by atoms with Gasteiger partial charge < -0.3 is 15.2 Å². The Morgan fingerprint density at radius 3 is 2.78 bits per heavy atom. The molecular weight excluding hydrogens is 236 g/mol. The average molecular weight is 252 g/mol. The molecule has 0 aliphatic heterocycles. The summed E-state index contributed by atoms with van der Waals surface area (Å²) < 4.78 is 5.27. The molecule has 0 radical (unpaired) electrons. The van der Waals surface area contributed by atoms with Crippen LogP contribution < -0.4 is 10.1 Å². The van der Waals surface area contributed by atoms with Crippen LogP contribution in [-0.4, -0.2) is 35.1 Å². The molecule has 2 N–H and O–H groups in total. The lowest BCUT2D eigenvalue weighted by Crippen LogP contribution is -2.24. The zero-order valence-corrected chi connectivity index (χ0v) is 10.4. The minimum atomic E-state index is -1.15. The van der Waals surface area contributed by atoms with Crippen LogP contribution in [0.3, 0.4) is 0 Å². The van der Waals surface area contributed by atoms with Crippen molar-refractivity contribution in [3.63, 3.8) is 0 Å². The van der Waals surface area contributed by atoms with E-state index in [0.29, 0.717) is 12.2 Å². The Labute approximate surface area is 105 Å². The van der Waals surface area contributed by atoms with Crippen molar-refractivity contribution in [2.24, 2.45) is 0 Å². The van der Waals surface area contributed by atoms with Gasteiger partial charge >= 0.3 is 5.97 Å². The number of carboxylic acid groups (broad SMARTS) is 1. The summed E-state index contributed by atoms with van der Waals surface area (Å²) >= 11 is 0.